The summed E-state index contributed by atoms with van der Waals surface area (Å²) >= 11 is 0. The number of hydrogen-bond donors (Lipinski definition) is 0. The molecule has 2 aromatic rings. The normalized spacial score (nSPS) is 13.7. The van der Waals surface area contributed by atoms with Crippen LogP contribution in [-0.4, -0.2) is 23.3 Å². The lowest BCUT2D eigenvalue weighted by molar-refractivity contribution is 0.0614. The maximum Gasteiger partial charge on any atom is 0.261 e. The summed E-state index contributed by atoms with van der Waals surface area (Å²) in [6.45, 7) is 0.263. The molecular weight excluding hydrogens is 238 g/mol. The third-order valence-corrected chi connectivity index (χ3v) is 3.34. The average Bonchev–Trinajstić information content (AvgIpc) is 2.44. The Balaban J connectivity index is 2.23. The number of nitrogens with zero attached hydrogens (tertiary/aromatic N) is 1. The molecule has 0 bridgehead atoms. The van der Waals surface area contributed by atoms with Crippen molar-refractivity contribution in [1.82, 2.24) is 4.90 Å². The molecule has 0 fully saturated rings. The molecule has 0 spiro atoms. The van der Waals surface area contributed by atoms with E-state index in [1.165, 1.54) is 4.90 Å². The Labute approximate surface area is 110 Å². The SMILES string of the molecule is C#CCCN1C(=O)c2cccc3cccc(c23)C1=O. The molecule has 0 aliphatic carbocycles. The van der Waals surface area contributed by atoms with Gasteiger partial charge in [0.25, 0.3) is 11.8 Å². The molecule has 3 rings (SSSR count). The highest BCUT2D eigenvalue weighted by Gasteiger charge is 2.31. The van der Waals surface area contributed by atoms with Crippen LogP contribution < -0.4 is 0 Å². The van der Waals surface area contributed by atoms with Crippen molar-refractivity contribution in [2.75, 3.05) is 6.54 Å². The quantitative estimate of drug-likeness (QED) is 0.605. The van der Waals surface area contributed by atoms with Crippen LogP contribution in [-0.2, 0) is 0 Å². The predicted molar refractivity (Wildman–Crippen MR) is 72.8 cm³/mol. The van der Waals surface area contributed by atoms with Crippen molar-refractivity contribution in [2.24, 2.45) is 0 Å². The molecule has 3 nitrogen and oxygen atoms in total. The van der Waals surface area contributed by atoms with E-state index in [-0.39, 0.29) is 18.4 Å². The van der Waals surface area contributed by atoms with Crippen molar-refractivity contribution in [3.63, 3.8) is 0 Å². The highest BCUT2D eigenvalue weighted by molar-refractivity contribution is 6.25. The lowest BCUT2D eigenvalue weighted by Gasteiger charge is -2.26. The fourth-order valence-electron chi connectivity index (χ4n) is 2.46. The van der Waals surface area contributed by atoms with Crippen LogP contribution in [0, 0.1) is 12.3 Å². The summed E-state index contributed by atoms with van der Waals surface area (Å²) in [7, 11) is 0. The van der Waals surface area contributed by atoms with Crippen LogP contribution in [0.2, 0.25) is 0 Å². The minimum absolute atomic E-state index is 0.260. The Morgan fingerprint density at radius 1 is 1.00 bits per heavy atom. The minimum Gasteiger partial charge on any atom is -0.273 e. The number of amides is 2. The summed E-state index contributed by atoms with van der Waals surface area (Å²) in [6, 6.07) is 11.0. The number of imide groups is 1. The van der Waals surface area contributed by atoms with Crippen molar-refractivity contribution in [3.8, 4) is 12.3 Å². The van der Waals surface area contributed by atoms with E-state index < -0.39 is 0 Å². The molecule has 0 atom stereocenters. The van der Waals surface area contributed by atoms with E-state index in [0.29, 0.717) is 17.5 Å². The molecule has 1 aliphatic heterocycles. The van der Waals surface area contributed by atoms with Gasteiger partial charge in [-0.15, -0.1) is 12.3 Å². The van der Waals surface area contributed by atoms with Crippen molar-refractivity contribution in [2.45, 2.75) is 6.42 Å². The van der Waals surface area contributed by atoms with Gasteiger partial charge in [0.15, 0.2) is 0 Å². The zero-order valence-electron chi connectivity index (χ0n) is 10.2. The van der Waals surface area contributed by atoms with Crippen LogP contribution in [0.3, 0.4) is 0 Å². The summed E-state index contributed by atoms with van der Waals surface area (Å²) in [5.41, 5.74) is 1.15. The van der Waals surface area contributed by atoms with Crippen LogP contribution >= 0.6 is 0 Å². The van der Waals surface area contributed by atoms with Gasteiger partial charge in [-0.05, 0) is 17.5 Å². The van der Waals surface area contributed by atoms with E-state index in [9.17, 15) is 9.59 Å². The first-order valence-electron chi connectivity index (χ1n) is 6.05. The van der Waals surface area contributed by atoms with Gasteiger partial charge in [0, 0.05) is 29.5 Å². The summed E-state index contributed by atoms with van der Waals surface area (Å²) < 4.78 is 0. The molecule has 2 amide bonds. The predicted octanol–water partition coefficient (Wildman–Crippen LogP) is 2.46. The minimum atomic E-state index is -0.260. The van der Waals surface area contributed by atoms with Crippen LogP contribution in [0.25, 0.3) is 10.8 Å². The Hall–Kier alpha value is -2.60. The molecule has 0 radical (unpaired) electrons. The lowest BCUT2D eigenvalue weighted by atomic mass is 9.94. The average molecular weight is 249 g/mol. The van der Waals surface area contributed by atoms with E-state index in [0.717, 1.165) is 10.8 Å². The van der Waals surface area contributed by atoms with E-state index in [1.807, 2.05) is 24.3 Å². The fraction of sp³-hybridized carbons (Fsp3) is 0.125. The summed E-state index contributed by atoms with van der Waals surface area (Å²) in [6.07, 6.45) is 5.58. The molecular formula is C16H11NO2. The van der Waals surface area contributed by atoms with Crippen molar-refractivity contribution >= 4 is 22.6 Å². The summed E-state index contributed by atoms with van der Waals surface area (Å²) in [5, 5.41) is 1.66. The largest absolute Gasteiger partial charge is 0.273 e. The van der Waals surface area contributed by atoms with Crippen molar-refractivity contribution in [1.29, 1.82) is 0 Å². The molecule has 1 aliphatic rings. The van der Waals surface area contributed by atoms with E-state index in [1.54, 1.807) is 12.1 Å². The summed E-state index contributed by atoms with van der Waals surface area (Å²) in [5.74, 6) is 1.94. The number of rotatable bonds is 2. The molecule has 92 valence electrons. The second kappa shape index (κ2) is 4.25. The second-order valence-corrected chi connectivity index (χ2v) is 4.43. The Morgan fingerprint density at radius 2 is 1.58 bits per heavy atom. The number of carbonyl (C=O) groups is 2. The highest BCUT2D eigenvalue weighted by Crippen LogP contribution is 2.29. The van der Waals surface area contributed by atoms with Crippen LogP contribution in [0.15, 0.2) is 36.4 Å². The first-order chi connectivity index (χ1) is 9.24. The molecule has 2 aromatic carbocycles. The van der Waals surface area contributed by atoms with Gasteiger partial charge in [-0.3, -0.25) is 14.5 Å². The zero-order valence-corrected chi connectivity index (χ0v) is 10.2. The maximum absolute atomic E-state index is 12.4. The van der Waals surface area contributed by atoms with E-state index in [2.05, 4.69) is 5.92 Å². The molecule has 0 unspecified atom stereocenters. The number of benzene rings is 2. The van der Waals surface area contributed by atoms with Gasteiger partial charge in [0.1, 0.15) is 0 Å². The highest BCUT2D eigenvalue weighted by atomic mass is 16.2. The number of terminal acetylenes is 1. The molecule has 0 saturated carbocycles. The van der Waals surface area contributed by atoms with Gasteiger partial charge < -0.3 is 0 Å². The van der Waals surface area contributed by atoms with Gasteiger partial charge in [-0.2, -0.15) is 0 Å². The first kappa shape index (κ1) is 11.5. The first-order valence-corrected chi connectivity index (χ1v) is 6.05. The van der Waals surface area contributed by atoms with Crippen LogP contribution in [0.1, 0.15) is 27.1 Å². The second-order valence-electron chi connectivity index (χ2n) is 4.43. The zero-order chi connectivity index (χ0) is 13.4. The third-order valence-electron chi connectivity index (χ3n) is 3.34. The molecule has 3 heteroatoms. The maximum atomic E-state index is 12.4. The van der Waals surface area contributed by atoms with E-state index in [4.69, 9.17) is 6.42 Å². The summed E-state index contributed by atoms with van der Waals surface area (Å²) in [4.78, 5) is 25.9. The van der Waals surface area contributed by atoms with Crippen molar-refractivity contribution < 1.29 is 9.59 Å². The molecule has 1 heterocycles. The fourth-order valence-corrected chi connectivity index (χ4v) is 2.46. The number of hydrogen-bond acceptors (Lipinski definition) is 2. The third kappa shape index (κ3) is 1.61. The smallest absolute Gasteiger partial charge is 0.261 e. The molecule has 0 N–H and O–H groups in total. The van der Waals surface area contributed by atoms with Gasteiger partial charge in [0.05, 0.1) is 0 Å². The lowest BCUT2D eigenvalue weighted by Crippen LogP contribution is -2.40. The molecule has 19 heavy (non-hydrogen) atoms. The van der Waals surface area contributed by atoms with Gasteiger partial charge in [-0.25, -0.2) is 0 Å². The van der Waals surface area contributed by atoms with Gasteiger partial charge in [-0.1, -0.05) is 24.3 Å². The van der Waals surface area contributed by atoms with Crippen LogP contribution in [0.4, 0.5) is 0 Å². The standard InChI is InChI=1S/C16H11NO2/c1-2-3-10-17-15(18)12-8-4-6-11-7-5-9-13(14(11)12)16(17)19/h1,4-9H,3,10H2. The monoisotopic (exact) mass is 249 g/mol. The van der Waals surface area contributed by atoms with Crippen molar-refractivity contribution in [3.05, 3.63) is 47.5 Å². The van der Waals surface area contributed by atoms with E-state index >= 15 is 0 Å². The van der Waals surface area contributed by atoms with Gasteiger partial charge in [0.2, 0.25) is 0 Å². The number of carbonyl (C=O) groups excluding carboxylic acids is 2. The molecule has 0 aromatic heterocycles. The Morgan fingerprint density at radius 3 is 2.11 bits per heavy atom. The van der Waals surface area contributed by atoms with Crippen LogP contribution in [0.5, 0.6) is 0 Å². The Bertz CT molecular complexity index is 689. The molecule has 0 saturated heterocycles. The Kier molecular flexibility index (Phi) is 2.57. The van der Waals surface area contributed by atoms with Gasteiger partial charge >= 0.3 is 0 Å². The topological polar surface area (TPSA) is 37.4 Å².